The standard InChI is InChI=1S/C16H24BrClN2.2ClH/c1-2-3-4-5-16(20-10-8-19-9-11-20)13-6-7-15(18)14(17)12-13;;/h6-7,12,16,19H,2-5,8-11H2,1H3;2*1H/t16-;;/m1../s1. The fourth-order valence-corrected chi connectivity index (χ4v) is 3.38. The number of hydrogen-bond donors (Lipinski definition) is 1. The number of piperazine rings is 1. The molecule has 0 radical (unpaired) electrons. The van der Waals surface area contributed by atoms with Crippen molar-refractivity contribution in [2.75, 3.05) is 26.2 Å². The number of nitrogens with zero attached hydrogens (tertiary/aromatic N) is 1. The Morgan fingerprint density at radius 2 is 1.91 bits per heavy atom. The Kier molecular flexibility index (Phi) is 12.2. The van der Waals surface area contributed by atoms with Crippen LogP contribution in [0.1, 0.15) is 44.2 Å². The number of halogens is 4. The third-order valence-corrected chi connectivity index (χ3v) is 5.22. The van der Waals surface area contributed by atoms with Gasteiger partial charge in [-0.15, -0.1) is 24.8 Å². The SMILES string of the molecule is CCCCC[C@H](c1ccc(Cl)c(Br)c1)N1CCNCC1.Cl.Cl. The molecule has 1 N–H and O–H groups in total. The van der Waals surface area contributed by atoms with Gasteiger partial charge in [-0.25, -0.2) is 0 Å². The van der Waals surface area contributed by atoms with E-state index in [1.807, 2.05) is 6.07 Å². The normalized spacial score (nSPS) is 16.5. The van der Waals surface area contributed by atoms with E-state index in [0.717, 1.165) is 35.7 Å². The van der Waals surface area contributed by atoms with Crippen LogP contribution in [0.15, 0.2) is 22.7 Å². The molecule has 1 saturated heterocycles. The van der Waals surface area contributed by atoms with Crippen molar-refractivity contribution in [3.63, 3.8) is 0 Å². The molecule has 1 aromatic carbocycles. The molecule has 128 valence electrons. The zero-order valence-electron chi connectivity index (χ0n) is 13.0. The first-order valence-corrected chi connectivity index (χ1v) is 8.79. The molecule has 1 aromatic rings. The molecule has 1 heterocycles. The summed E-state index contributed by atoms with van der Waals surface area (Å²) in [6.45, 7) is 6.73. The van der Waals surface area contributed by atoms with E-state index in [4.69, 9.17) is 11.6 Å². The van der Waals surface area contributed by atoms with Crippen LogP contribution in [0.2, 0.25) is 5.02 Å². The summed E-state index contributed by atoms with van der Waals surface area (Å²) in [6.07, 6.45) is 5.13. The Labute approximate surface area is 160 Å². The van der Waals surface area contributed by atoms with Gasteiger partial charge in [-0.2, -0.15) is 0 Å². The van der Waals surface area contributed by atoms with Crippen LogP contribution >= 0.6 is 52.3 Å². The van der Waals surface area contributed by atoms with Crippen molar-refractivity contribution in [1.29, 1.82) is 0 Å². The van der Waals surface area contributed by atoms with Gasteiger partial charge in [0.2, 0.25) is 0 Å². The van der Waals surface area contributed by atoms with Crippen LogP contribution in [0.4, 0.5) is 0 Å². The first-order valence-electron chi connectivity index (χ1n) is 7.62. The Bertz CT molecular complexity index is 426. The van der Waals surface area contributed by atoms with Crippen molar-refractivity contribution in [3.05, 3.63) is 33.3 Å². The van der Waals surface area contributed by atoms with Crippen LogP contribution in [-0.2, 0) is 0 Å². The molecule has 0 aliphatic carbocycles. The van der Waals surface area contributed by atoms with Crippen molar-refractivity contribution >= 4 is 52.3 Å². The maximum absolute atomic E-state index is 6.13. The Morgan fingerprint density at radius 1 is 1.23 bits per heavy atom. The van der Waals surface area contributed by atoms with E-state index in [2.05, 4.69) is 45.2 Å². The van der Waals surface area contributed by atoms with Crippen LogP contribution < -0.4 is 5.32 Å². The third kappa shape index (κ3) is 6.54. The minimum atomic E-state index is 0. The fourth-order valence-electron chi connectivity index (χ4n) is 2.86. The topological polar surface area (TPSA) is 15.3 Å². The van der Waals surface area contributed by atoms with Gasteiger partial charge in [-0.1, -0.05) is 43.9 Å². The molecule has 1 atom stereocenters. The van der Waals surface area contributed by atoms with Gasteiger partial charge in [-0.3, -0.25) is 4.90 Å². The lowest BCUT2D eigenvalue weighted by molar-refractivity contribution is 0.162. The predicted molar refractivity (Wildman–Crippen MR) is 105 cm³/mol. The highest BCUT2D eigenvalue weighted by Gasteiger charge is 2.22. The zero-order valence-corrected chi connectivity index (χ0v) is 17.0. The van der Waals surface area contributed by atoms with Crippen molar-refractivity contribution in [2.45, 2.75) is 38.6 Å². The average Bonchev–Trinajstić information content (AvgIpc) is 2.48. The number of benzene rings is 1. The molecule has 0 bridgehead atoms. The summed E-state index contributed by atoms with van der Waals surface area (Å²) in [7, 11) is 0. The smallest absolute Gasteiger partial charge is 0.0548 e. The van der Waals surface area contributed by atoms with E-state index in [1.165, 1.54) is 31.2 Å². The van der Waals surface area contributed by atoms with Gasteiger partial charge in [0.05, 0.1) is 5.02 Å². The molecule has 22 heavy (non-hydrogen) atoms. The van der Waals surface area contributed by atoms with Crippen molar-refractivity contribution in [2.24, 2.45) is 0 Å². The molecule has 0 saturated carbocycles. The molecule has 6 heteroatoms. The summed E-state index contributed by atoms with van der Waals surface area (Å²) in [4.78, 5) is 2.61. The molecule has 1 fully saturated rings. The van der Waals surface area contributed by atoms with Crippen molar-refractivity contribution in [1.82, 2.24) is 10.2 Å². The highest BCUT2D eigenvalue weighted by atomic mass is 79.9. The number of nitrogens with one attached hydrogen (secondary N) is 1. The number of unbranched alkanes of at least 4 members (excludes halogenated alkanes) is 2. The van der Waals surface area contributed by atoms with Crippen molar-refractivity contribution in [3.8, 4) is 0 Å². The monoisotopic (exact) mass is 430 g/mol. The van der Waals surface area contributed by atoms with E-state index in [9.17, 15) is 0 Å². The Balaban J connectivity index is 0.00000220. The first kappa shape index (κ1) is 22.5. The first-order chi connectivity index (χ1) is 9.72. The second-order valence-corrected chi connectivity index (χ2v) is 6.73. The van der Waals surface area contributed by atoms with Gasteiger partial charge >= 0.3 is 0 Å². The molecule has 0 unspecified atom stereocenters. The van der Waals surface area contributed by atoms with Crippen LogP contribution in [-0.4, -0.2) is 31.1 Å². The lowest BCUT2D eigenvalue weighted by Crippen LogP contribution is -2.45. The predicted octanol–water partition coefficient (Wildman–Crippen LogP) is 5.47. The molecule has 1 aliphatic heterocycles. The van der Waals surface area contributed by atoms with E-state index < -0.39 is 0 Å². The van der Waals surface area contributed by atoms with E-state index in [0.29, 0.717) is 6.04 Å². The summed E-state index contributed by atoms with van der Waals surface area (Å²) < 4.78 is 1.01. The van der Waals surface area contributed by atoms with E-state index in [1.54, 1.807) is 0 Å². The average molecular weight is 433 g/mol. The highest BCUT2D eigenvalue weighted by molar-refractivity contribution is 9.10. The quantitative estimate of drug-likeness (QED) is 0.600. The molecule has 0 amide bonds. The van der Waals surface area contributed by atoms with Crippen LogP contribution in [0.3, 0.4) is 0 Å². The van der Waals surface area contributed by atoms with Crippen LogP contribution in [0, 0.1) is 0 Å². The van der Waals surface area contributed by atoms with Gasteiger partial charge in [0.15, 0.2) is 0 Å². The minimum Gasteiger partial charge on any atom is -0.314 e. The molecule has 2 rings (SSSR count). The van der Waals surface area contributed by atoms with E-state index >= 15 is 0 Å². The summed E-state index contributed by atoms with van der Waals surface area (Å²) in [6, 6.07) is 6.92. The summed E-state index contributed by atoms with van der Waals surface area (Å²) in [5.74, 6) is 0. The van der Waals surface area contributed by atoms with E-state index in [-0.39, 0.29) is 24.8 Å². The number of hydrogen-bond acceptors (Lipinski definition) is 2. The molecule has 1 aliphatic rings. The largest absolute Gasteiger partial charge is 0.314 e. The second kappa shape index (κ2) is 11.9. The van der Waals surface area contributed by atoms with Gasteiger partial charge in [0, 0.05) is 36.7 Å². The molecular formula is C16H26BrCl3N2. The summed E-state index contributed by atoms with van der Waals surface area (Å²) in [5, 5.41) is 4.23. The Morgan fingerprint density at radius 3 is 2.50 bits per heavy atom. The summed E-state index contributed by atoms with van der Waals surface area (Å²) >= 11 is 9.68. The Hall–Kier alpha value is 0.490. The zero-order chi connectivity index (χ0) is 14.4. The number of rotatable bonds is 6. The molecule has 0 spiro atoms. The summed E-state index contributed by atoms with van der Waals surface area (Å²) in [5.41, 5.74) is 1.39. The molecule has 0 aromatic heterocycles. The van der Waals surface area contributed by atoms with Gasteiger partial charge in [-0.05, 0) is 40.0 Å². The van der Waals surface area contributed by atoms with Gasteiger partial charge in [0.1, 0.15) is 0 Å². The van der Waals surface area contributed by atoms with Crippen LogP contribution in [0.25, 0.3) is 0 Å². The highest BCUT2D eigenvalue weighted by Crippen LogP contribution is 2.31. The maximum Gasteiger partial charge on any atom is 0.0548 e. The lowest BCUT2D eigenvalue weighted by Gasteiger charge is -2.35. The third-order valence-electron chi connectivity index (χ3n) is 4.00. The molecule has 2 nitrogen and oxygen atoms in total. The van der Waals surface area contributed by atoms with Gasteiger partial charge < -0.3 is 5.32 Å². The molecular weight excluding hydrogens is 406 g/mol. The van der Waals surface area contributed by atoms with Gasteiger partial charge in [0.25, 0.3) is 0 Å². The van der Waals surface area contributed by atoms with Crippen molar-refractivity contribution < 1.29 is 0 Å². The minimum absolute atomic E-state index is 0. The fraction of sp³-hybridized carbons (Fsp3) is 0.625. The maximum atomic E-state index is 6.13. The lowest BCUT2D eigenvalue weighted by atomic mass is 9.98. The van der Waals surface area contributed by atoms with Crippen LogP contribution in [0.5, 0.6) is 0 Å². The second-order valence-electron chi connectivity index (χ2n) is 5.47.